The molecule has 1 fully saturated rings. The largest absolute Gasteiger partial charge is 0.416 e. The highest BCUT2D eigenvalue weighted by Crippen LogP contribution is 2.33. The molecule has 1 amide bonds. The molecule has 1 aliphatic rings. The summed E-state index contributed by atoms with van der Waals surface area (Å²) in [4.78, 5) is 13.1. The lowest BCUT2D eigenvalue weighted by molar-refractivity contribution is -0.896. The molecule has 1 heterocycles. The lowest BCUT2D eigenvalue weighted by Gasteiger charge is -2.22. The second-order valence-corrected chi connectivity index (χ2v) is 5.64. The van der Waals surface area contributed by atoms with E-state index in [9.17, 15) is 18.0 Å². The van der Waals surface area contributed by atoms with E-state index in [-0.39, 0.29) is 16.6 Å². The van der Waals surface area contributed by atoms with Gasteiger partial charge in [0, 0.05) is 0 Å². The number of amides is 1. The zero-order chi connectivity index (χ0) is 15.5. The van der Waals surface area contributed by atoms with Gasteiger partial charge in [-0.3, -0.25) is 4.79 Å². The third kappa shape index (κ3) is 4.61. The number of carbonyl (C=O) groups is 1. The van der Waals surface area contributed by atoms with E-state index in [1.54, 1.807) is 0 Å². The van der Waals surface area contributed by atoms with Gasteiger partial charge in [-0.15, -0.1) is 0 Å². The minimum Gasteiger partial charge on any atom is -0.327 e. The maximum Gasteiger partial charge on any atom is 0.416 e. The fourth-order valence-corrected chi connectivity index (χ4v) is 2.67. The average molecular weight is 322 g/mol. The number of piperidine rings is 1. The van der Waals surface area contributed by atoms with Crippen molar-refractivity contribution in [3.05, 3.63) is 28.8 Å². The molecule has 0 radical (unpaired) electrons. The molecule has 0 bridgehead atoms. The number of hydrogen-bond donors (Lipinski definition) is 2. The minimum absolute atomic E-state index is 0.105. The van der Waals surface area contributed by atoms with Gasteiger partial charge >= 0.3 is 6.18 Å². The second kappa shape index (κ2) is 6.66. The van der Waals surface area contributed by atoms with Crippen molar-refractivity contribution in [1.29, 1.82) is 0 Å². The van der Waals surface area contributed by atoms with E-state index < -0.39 is 11.7 Å². The third-order valence-corrected chi connectivity index (χ3v) is 3.85. The Balaban J connectivity index is 1.97. The fourth-order valence-electron chi connectivity index (χ4n) is 2.44. The van der Waals surface area contributed by atoms with Crippen molar-refractivity contribution < 1.29 is 22.9 Å². The van der Waals surface area contributed by atoms with Crippen molar-refractivity contribution in [2.24, 2.45) is 0 Å². The maximum absolute atomic E-state index is 12.5. The van der Waals surface area contributed by atoms with E-state index in [1.807, 2.05) is 0 Å². The lowest BCUT2D eigenvalue weighted by Crippen LogP contribution is -3.13. The Morgan fingerprint density at radius 1 is 1.24 bits per heavy atom. The minimum atomic E-state index is -4.44. The van der Waals surface area contributed by atoms with Crippen molar-refractivity contribution in [1.82, 2.24) is 0 Å². The Morgan fingerprint density at radius 2 is 1.90 bits per heavy atom. The molecule has 2 rings (SSSR count). The first kappa shape index (κ1) is 16.1. The summed E-state index contributed by atoms with van der Waals surface area (Å²) >= 11 is 5.80. The van der Waals surface area contributed by atoms with Crippen LogP contribution >= 0.6 is 11.6 Å². The van der Waals surface area contributed by atoms with Crippen molar-refractivity contribution >= 4 is 23.2 Å². The van der Waals surface area contributed by atoms with E-state index in [0.29, 0.717) is 6.54 Å². The van der Waals surface area contributed by atoms with Gasteiger partial charge in [-0.05, 0) is 37.5 Å². The Bertz CT molecular complexity index is 513. The third-order valence-electron chi connectivity index (χ3n) is 3.54. The molecule has 2 N–H and O–H groups in total. The number of likely N-dealkylation sites (tertiary alicyclic amines) is 1. The predicted molar refractivity (Wildman–Crippen MR) is 74.5 cm³/mol. The number of anilines is 1. The molecule has 1 aromatic carbocycles. The molecule has 1 aromatic rings. The summed E-state index contributed by atoms with van der Waals surface area (Å²) in [6.45, 7) is 2.22. The molecule has 0 unspecified atom stereocenters. The van der Waals surface area contributed by atoms with Crippen LogP contribution in [0.1, 0.15) is 24.8 Å². The van der Waals surface area contributed by atoms with Crippen molar-refractivity contribution in [2.45, 2.75) is 25.4 Å². The molecule has 0 saturated carbocycles. The van der Waals surface area contributed by atoms with Crippen molar-refractivity contribution in [2.75, 3.05) is 25.0 Å². The average Bonchev–Trinajstić information content (AvgIpc) is 2.41. The molecule has 21 heavy (non-hydrogen) atoms. The zero-order valence-corrected chi connectivity index (χ0v) is 12.2. The SMILES string of the molecule is O=C(C[NH+]1CCCCC1)Nc1ccc(C(F)(F)F)cc1Cl. The van der Waals surface area contributed by atoms with Crippen LogP contribution in [0.4, 0.5) is 18.9 Å². The van der Waals surface area contributed by atoms with Gasteiger partial charge in [0.1, 0.15) is 0 Å². The molecule has 7 heteroatoms. The standard InChI is InChI=1S/C14H16ClF3N2O/c15-11-8-10(14(16,17)18)4-5-12(11)19-13(21)9-20-6-2-1-3-7-20/h4-5,8H,1-3,6-7,9H2,(H,19,21)/p+1. The zero-order valence-electron chi connectivity index (χ0n) is 11.4. The summed E-state index contributed by atoms with van der Waals surface area (Å²) in [6, 6.07) is 2.93. The number of halogens is 4. The first-order chi connectivity index (χ1) is 9.86. The van der Waals surface area contributed by atoms with Crippen LogP contribution in [0.25, 0.3) is 0 Å². The lowest BCUT2D eigenvalue weighted by atomic mass is 10.1. The molecule has 0 spiro atoms. The highest BCUT2D eigenvalue weighted by Gasteiger charge is 2.31. The van der Waals surface area contributed by atoms with Crippen LogP contribution in [-0.2, 0) is 11.0 Å². The summed E-state index contributed by atoms with van der Waals surface area (Å²) in [7, 11) is 0. The number of nitrogens with one attached hydrogen (secondary N) is 2. The van der Waals surface area contributed by atoms with E-state index in [0.717, 1.165) is 38.1 Å². The normalized spacial score (nSPS) is 16.8. The van der Waals surface area contributed by atoms with E-state index in [1.165, 1.54) is 17.4 Å². The fraction of sp³-hybridized carbons (Fsp3) is 0.500. The number of rotatable bonds is 3. The molecule has 0 aromatic heterocycles. The maximum atomic E-state index is 12.5. The summed E-state index contributed by atoms with van der Waals surface area (Å²) in [5.41, 5.74) is -0.613. The van der Waals surface area contributed by atoms with Gasteiger partial charge in [-0.1, -0.05) is 11.6 Å². The summed E-state index contributed by atoms with van der Waals surface area (Å²) in [5, 5.41) is 2.47. The van der Waals surface area contributed by atoms with Crippen LogP contribution < -0.4 is 10.2 Å². The van der Waals surface area contributed by atoms with E-state index in [4.69, 9.17) is 11.6 Å². The van der Waals surface area contributed by atoms with Crippen LogP contribution in [0, 0.1) is 0 Å². The molecule has 0 aliphatic carbocycles. The molecule has 0 atom stereocenters. The Kier molecular flexibility index (Phi) is 5.11. The van der Waals surface area contributed by atoms with Gasteiger partial charge in [0.15, 0.2) is 6.54 Å². The van der Waals surface area contributed by atoms with Gasteiger partial charge in [0.25, 0.3) is 5.91 Å². The van der Waals surface area contributed by atoms with Gasteiger partial charge in [-0.25, -0.2) is 0 Å². The summed E-state index contributed by atoms with van der Waals surface area (Å²) in [6.07, 6.45) is -1.05. The van der Waals surface area contributed by atoms with Crippen molar-refractivity contribution in [3.8, 4) is 0 Å². The van der Waals surface area contributed by atoms with Crippen LogP contribution in [0.5, 0.6) is 0 Å². The molecule has 116 valence electrons. The first-order valence-electron chi connectivity index (χ1n) is 6.86. The number of alkyl halides is 3. The number of quaternary nitrogens is 1. The smallest absolute Gasteiger partial charge is 0.327 e. The van der Waals surface area contributed by atoms with E-state index >= 15 is 0 Å². The van der Waals surface area contributed by atoms with Crippen LogP contribution in [0.2, 0.25) is 5.02 Å². The Labute approximate surface area is 126 Å². The molecule has 1 aliphatic heterocycles. The highest BCUT2D eigenvalue weighted by molar-refractivity contribution is 6.33. The quantitative estimate of drug-likeness (QED) is 0.880. The Hall–Kier alpha value is -1.27. The Morgan fingerprint density at radius 3 is 2.48 bits per heavy atom. The topological polar surface area (TPSA) is 33.5 Å². The molecular weight excluding hydrogens is 305 g/mol. The predicted octanol–water partition coefficient (Wildman–Crippen LogP) is 2.37. The first-order valence-corrected chi connectivity index (χ1v) is 7.24. The van der Waals surface area contributed by atoms with Crippen molar-refractivity contribution in [3.63, 3.8) is 0 Å². The van der Waals surface area contributed by atoms with Crippen LogP contribution in [-0.4, -0.2) is 25.5 Å². The molecular formula is C14H17ClF3N2O+. The second-order valence-electron chi connectivity index (χ2n) is 5.23. The van der Waals surface area contributed by atoms with Crippen LogP contribution in [0.15, 0.2) is 18.2 Å². The molecule has 1 saturated heterocycles. The van der Waals surface area contributed by atoms with Gasteiger partial charge in [-0.2, -0.15) is 13.2 Å². The van der Waals surface area contributed by atoms with Gasteiger partial charge in [0.2, 0.25) is 0 Å². The monoisotopic (exact) mass is 321 g/mol. The van der Waals surface area contributed by atoms with E-state index in [2.05, 4.69) is 5.32 Å². The number of benzene rings is 1. The summed E-state index contributed by atoms with van der Waals surface area (Å²) < 4.78 is 37.6. The van der Waals surface area contributed by atoms with Crippen LogP contribution in [0.3, 0.4) is 0 Å². The highest BCUT2D eigenvalue weighted by atomic mass is 35.5. The van der Waals surface area contributed by atoms with Gasteiger partial charge < -0.3 is 10.2 Å². The summed E-state index contributed by atoms with van der Waals surface area (Å²) in [5.74, 6) is -0.228. The number of carbonyl (C=O) groups excluding carboxylic acids is 1. The van der Waals surface area contributed by atoms with Gasteiger partial charge in [0.05, 0.1) is 29.4 Å². The molecule has 3 nitrogen and oxygen atoms in total. The number of hydrogen-bond acceptors (Lipinski definition) is 1.